The number of hydrogen-bond donors (Lipinski definition) is 1. The Morgan fingerprint density at radius 2 is 1.86 bits per heavy atom. The zero-order valence-electron chi connectivity index (χ0n) is 16.1. The second-order valence-corrected chi connectivity index (χ2v) is 6.69. The summed E-state index contributed by atoms with van der Waals surface area (Å²) in [6.07, 6.45) is 3.13. The molecule has 1 fully saturated rings. The number of nitrogens with one attached hydrogen (secondary N) is 1. The number of hydrogen-bond acceptors (Lipinski definition) is 5. The van der Waals surface area contributed by atoms with Crippen molar-refractivity contribution in [2.45, 2.75) is 6.92 Å². The van der Waals surface area contributed by atoms with Gasteiger partial charge in [0.05, 0.1) is 12.8 Å². The predicted molar refractivity (Wildman–Crippen MR) is 116 cm³/mol. The Hall–Kier alpha value is -3.45. The van der Waals surface area contributed by atoms with Crippen LogP contribution in [-0.2, 0) is 9.59 Å². The fourth-order valence-corrected chi connectivity index (χ4v) is 3.08. The molecule has 0 spiro atoms. The zero-order valence-corrected chi connectivity index (χ0v) is 16.9. The molecule has 3 rings (SSSR count). The minimum atomic E-state index is -0.547. The van der Waals surface area contributed by atoms with E-state index < -0.39 is 11.8 Å². The van der Waals surface area contributed by atoms with Crippen molar-refractivity contribution in [3.05, 3.63) is 71.8 Å². The molecule has 0 bridgehead atoms. The van der Waals surface area contributed by atoms with Crippen molar-refractivity contribution < 1.29 is 19.1 Å². The summed E-state index contributed by atoms with van der Waals surface area (Å²) in [6, 6.07) is 12.4. The van der Waals surface area contributed by atoms with E-state index >= 15 is 0 Å². The number of carbonyl (C=O) groups is 2. The van der Waals surface area contributed by atoms with Crippen LogP contribution in [0.5, 0.6) is 11.5 Å². The van der Waals surface area contributed by atoms with Gasteiger partial charge in [0.2, 0.25) is 0 Å². The molecule has 0 radical (unpaired) electrons. The van der Waals surface area contributed by atoms with E-state index in [1.54, 1.807) is 36.4 Å². The first-order valence-electron chi connectivity index (χ1n) is 8.84. The van der Waals surface area contributed by atoms with E-state index in [2.05, 4.69) is 11.9 Å². The van der Waals surface area contributed by atoms with E-state index in [0.717, 1.165) is 5.56 Å². The van der Waals surface area contributed by atoms with Gasteiger partial charge < -0.3 is 9.47 Å². The van der Waals surface area contributed by atoms with Crippen LogP contribution in [0.2, 0.25) is 0 Å². The van der Waals surface area contributed by atoms with Crippen molar-refractivity contribution >= 4 is 40.9 Å². The molecule has 2 amide bonds. The number of carbonyl (C=O) groups excluding carboxylic acids is 2. The second-order valence-electron chi connectivity index (χ2n) is 6.30. The summed E-state index contributed by atoms with van der Waals surface area (Å²) in [5, 5.41) is 2.62. The number of aryl methyl sites for hydroxylation is 1. The number of thiocarbonyl (C=S) groups is 1. The Balaban J connectivity index is 1.96. The van der Waals surface area contributed by atoms with Crippen LogP contribution in [0, 0.1) is 6.92 Å². The van der Waals surface area contributed by atoms with Crippen LogP contribution in [-0.4, -0.2) is 30.6 Å². The van der Waals surface area contributed by atoms with E-state index in [1.807, 2.05) is 19.1 Å². The Morgan fingerprint density at radius 3 is 2.52 bits per heavy atom. The third-order valence-electron chi connectivity index (χ3n) is 4.25. The molecule has 0 saturated carbocycles. The highest BCUT2D eigenvalue weighted by Gasteiger charge is 2.34. The van der Waals surface area contributed by atoms with Gasteiger partial charge in [0.25, 0.3) is 11.8 Å². The van der Waals surface area contributed by atoms with Gasteiger partial charge in [0.15, 0.2) is 16.6 Å². The van der Waals surface area contributed by atoms with Gasteiger partial charge in [-0.2, -0.15) is 0 Å². The Kier molecular flexibility index (Phi) is 6.09. The fraction of sp³-hybridized carbons (Fsp3) is 0.136. The predicted octanol–water partition coefficient (Wildman–Crippen LogP) is 3.40. The van der Waals surface area contributed by atoms with Gasteiger partial charge in [-0.05, 0) is 55.0 Å². The standard InChI is InChI=1S/C22H20N2O4S/c1-4-11-28-18-10-7-15(13-19(18)27-3)12-17-20(25)23-22(29)24(21(17)26)16-8-5-14(2)6-9-16/h4-10,12-13H,1,11H2,2-3H3,(H,23,25,29)/b17-12-. The molecule has 1 heterocycles. The first-order chi connectivity index (χ1) is 13.9. The lowest BCUT2D eigenvalue weighted by molar-refractivity contribution is -0.122. The molecular formula is C22H20N2O4S. The van der Waals surface area contributed by atoms with Crippen LogP contribution in [0.25, 0.3) is 6.08 Å². The molecule has 1 aliphatic heterocycles. The van der Waals surface area contributed by atoms with Gasteiger partial charge in [0, 0.05) is 0 Å². The number of ether oxygens (including phenoxy) is 2. The summed E-state index contributed by atoms with van der Waals surface area (Å²) in [5.41, 5.74) is 2.22. The maximum absolute atomic E-state index is 13.0. The van der Waals surface area contributed by atoms with E-state index in [0.29, 0.717) is 29.4 Å². The van der Waals surface area contributed by atoms with Gasteiger partial charge in [0.1, 0.15) is 12.2 Å². The molecule has 1 aliphatic rings. The number of amides is 2. The molecule has 1 N–H and O–H groups in total. The monoisotopic (exact) mass is 408 g/mol. The van der Waals surface area contributed by atoms with E-state index in [-0.39, 0.29) is 10.7 Å². The molecule has 0 unspecified atom stereocenters. The molecule has 29 heavy (non-hydrogen) atoms. The molecule has 1 saturated heterocycles. The number of benzene rings is 2. The van der Waals surface area contributed by atoms with E-state index in [1.165, 1.54) is 18.1 Å². The molecule has 0 atom stereocenters. The minimum Gasteiger partial charge on any atom is -0.493 e. The maximum Gasteiger partial charge on any atom is 0.270 e. The number of nitrogens with zero attached hydrogens (tertiary/aromatic N) is 1. The highest BCUT2D eigenvalue weighted by Crippen LogP contribution is 2.30. The third kappa shape index (κ3) is 4.35. The summed E-state index contributed by atoms with van der Waals surface area (Å²) < 4.78 is 10.9. The summed E-state index contributed by atoms with van der Waals surface area (Å²) in [4.78, 5) is 26.8. The van der Waals surface area contributed by atoms with Crippen molar-refractivity contribution in [2.24, 2.45) is 0 Å². The highest BCUT2D eigenvalue weighted by atomic mass is 32.1. The van der Waals surface area contributed by atoms with E-state index in [9.17, 15) is 9.59 Å². The first-order valence-corrected chi connectivity index (χ1v) is 9.25. The molecule has 7 heteroatoms. The Bertz CT molecular complexity index is 1010. The summed E-state index contributed by atoms with van der Waals surface area (Å²) in [5.74, 6) is -0.0184. The zero-order chi connectivity index (χ0) is 21.0. The topological polar surface area (TPSA) is 67.9 Å². The molecule has 2 aromatic rings. The van der Waals surface area contributed by atoms with Gasteiger partial charge in [-0.3, -0.25) is 19.8 Å². The second kappa shape index (κ2) is 8.70. The quantitative estimate of drug-likeness (QED) is 0.343. The summed E-state index contributed by atoms with van der Waals surface area (Å²) in [7, 11) is 1.52. The van der Waals surface area contributed by atoms with Crippen molar-refractivity contribution in [3.8, 4) is 11.5 Å². The third-order valence-corrected chi connectivity index (χ3v) is 4.53. The Labute approximate surface area is 174 Å². The molecule has 2 aromatic carbocycles. The molecule has 148 valence electrons. The summed E-state index contributed by atoms with van der Waals surface area (Å²) >= 11 is 5.21. The normalized spacial score (nSPS) is 15.3. The average molecular weight is 408 g/mol. The van der Waals surface area contributed by atoms with Crippen LogP contribution < -0.4 is 19.7 Å². The molecule has 0 aliphatic carbocycles. The first kappa shape index (κ1) is 20.3. The minimum absolute atomic E-state index is 0.0269. The maximum atomic E-state index is 13.0. The van der Waals surface area contributed by atoms with Gasteiger partial charge >= 0.3 is 0 Å². The van der Waals surface area contributed by atoms with E-state index in [4.69, 9.17) is 21.7 Å². The van der Waals surface area contributed by atoms with Gasteiger partial charge in [-0.1, -0.05) is 36.4 Å². The average Bonchev–Trinajstić information content (AvgIpc) is 2.71. The van der Waals surface area contributed by atoms with Crippen LogP contribution in [0.15, 0.2) is 60.7 Å². The number of methoxy groups -OCH3 is 1. The van der Waals surface area contributed by atoms with Crippen molar-refractivity contribution in [2.75, 3.05) is 18.6 Å². The lowest BCUT2D eigenvalue weighted by atomic mass is 10.1. The lowest BCUT2D eigenvalue weighted by Gasteiger charge is -2.29. The number of rotatable bonds is 6. The van der Waals surface area contributed by atoms with Gasteiger partial charge in [-0.15, -0.1) is 0 Å². The number of anilines is 1. The van der Waals surface area contributed by atoms with Gasteiger partial charge in [-0.25, -0.2) is 0 Å². The molecule has 6 nitrogen and oxygen atoms in total. The SMILES string of the molecule is C=CCOc1ccc(/C=C2/C(=O)NC(=S)N(c3ccc(C)cc3)C2=O)cc1OC. The Morgan fingerprint density at radius 1 is 1.14 bits per heavy atom. The lowest BCUT2D eigenvalue weighted by Crippen LogP contribution is -2.54. The largest absolute Gasteiger partial charge is 0.493 e. The molecular weight excluding hydrogens is 388 g/mol. The van der Waals surface area contributed by atoms with Crippen molar-refractivity contribution in [3.63, 3.8) is 0 Å². The van der Waals surface area contributed by atoms with Crippen LogP contribution in [0.1, 0.15) is 11.1 Å². The van der Waals surface area contributed by atoms with Crippen molar-refractivity contribution in [1.82, 2.24) is 5.32 Å². The summed E-state index contributed by atoms with van der Waals surface area (Å²) in [6.45, 7) is 5.89. The fourth-order valence-electron chi connectivity index (χ4n) is 2.79. The highest BCUT2D eigenvalue weighted by molar-refractivity contribution is 7.80. The van der Waals surface area contributed by atoms with Crippen molar-refractivity contribution in [1.29, 1.82) is 0 Å². The molecule has 0 aromatic heterocycles. The van der Waals surface area contributed by atoms with Crippen LogP contribution >= 0.6 is 12.2 Å². The van der Waals surface area contributed by atoms with Crippen LogP contribution in [0.4, 0.5) is 5.69 Å². The smallest absolute Gasteiger partial charge is 0.270 e. The van der Waals surface area contributed by atoms with Crippen LogP contribution in [0.3, 0.4) is 0 Å².